The Labute approximate surface area is 121 Å². The summed E-state index contributed by atoms with van der Waals surface area (Å²) in [6, 6.07) is 1.92. The van der Waals surface area contributed by atoms with Crippen LogP contribution in [0, 0.1) is 0 Å². The molecule has 1 saturated heterocycles. The fraction of sp³-hybridized carbons (Fsp3) is 0.714. The van der Waals surface area contributed by atoms with Gasteiger partial charge in [-0.05, 0) is 19.9 Å². The number of hydrogen-bond acceptors (Lipinski definition) is 6. The van der Waals surface area contributed by atoms with Gasteiger partial charge in [0.25, 0.3) is 0 Å². The number of hydrogen-bond donors (Lipinski definition) is 1. The zero-order valence-corrected chi connectivity index (χ0v) is 12.5. The molecule has 0 aromatic carbocycles. The molecule has 1 N–H and O–H groups in total. The summed E-state index contributed by atoms with van der Waals surface area (Å²) in [7, 11) is 0. The highest BCUT2D eigenvalue weighted by Gasteiger charge is 2.10. The van der Waals surface area contributed by atoms with Crippen molar-refractivity contribution >= 4 is 11.8 Å². The minimum absolute atomic E-state index is 0.798. The Morgan fingerprint density at radius 2 is 2.05 bits per heavy atom. The molecular weight excluding hydrogens is 254 g/mol. The molecule has 0 spiro atoms. The first-order valence-electron chi connectivity index (χ1n) is 7.45. The molecule has 2 heterocycles. The second-order valence-electron chi connectivity index (χ2n) is 4.79. The first-order chi connectivity index (χ1) is 9.83. The van der Waals surface area contributed by atoms with Gasteiger partial charge in [-0.15, -0.1) is 0 Å². The van der Waals surface area contributed by atoms with Crippen molar-refractivity contribution in [2.24, 2.45) is 0 Å². The summed E-state index contributed by atoms with van der Waals surface area (Å²) >= 11 is 0. The minimum Gasteiger partial charge on any atom is -0.379 e. The molecule has 6 heteroatoms. The minimum atomic E-state index is 0.798. The predicted octanol–water partition coefficient (Wildman–Crippen LogP) is 1.07. The van der Waals surface area contributed by atoms with Crippen molar-refractivity contribution in [3.8, 4) is 0 Å². The van der Waals surface area contributed by atoms with Crippen molar-refractivity contribution in [1.29, 1.82) is 0 Å². The topological polar surface area (TPSA) is 53.5 Å². The molecule has 1 aliphatic heterocycles. The maximum Gasteiger partial charge on any atom is 0.227 e. The summed E-state index contributed by atoms with van der Waals surface area (Å²) in [5.74, 6) is 1.70. The Morgan fingerprint density at radius 3 is 2.75 bits per heavy atom. The third-order valence-electron chi connectivity index (χ3n) is 3.53. The molecule has 2 rings (SSSR count). The van der Waals surface area contributed by atoms with Crippen LogP contribution < -0.4 is 10.2 Å². The fourth-order valence-electron chi connectivity index (χ4n) is 2.27. The van der Waals surface area contributed by atoms with E-state index in [1.54, 1.807) is 0 Å². The maximum atomic E-state index is 5.34. The molecule has 6 nitrogen and oxygen atoms in total. The molecule has 1 aromatic heterocycles. The molecule has 112 valence electrons. The second-order valence-corrected chi connectivity index (χ2v) is 4.79. The number of morpholine rings is 1. The summed E-state index contributed by atoms with van der Waals surface area (Å²) in [5, 5.41) is 3.38. The van der Waals surface area contributed by atoms with Gasteiger partial charge < -0.3 is 15.0 Å². The lowest BCUT2D eigenvalue weighted by molar-refractivity contribution is 0.0398. The highest BCUT2D eigenvalue weighted by Crippen LogP contribution is 2.10. The van der Waals surface area contributed by atoms with E-state index >= 15 is 0 Å². The molecule has 0 aliphatic carbocycles. The zero-order valence-electron chi connectivity index (χ0n) is 12.5. The van der Waals surface area contributed by atoms with Crippen LogP contribution in [-0.4, -0.2) is 67.4 Å². The van der Waals surface area contributed by atoms with Gasteiger partial charge in [0.1, 0.15) is 5.82 Å². The van der Waals surface area contributed by atoms with E-state index in [0.29, 0.717) is 0 Å². The van der Waals surface area contributed by atoms with Crippen LogP contribution in [0.1, 0.15) is 13.8 Å². The van der Waals surface area contributed by atoms with Crippen molar-refractivity contribution in [2.75, 3.05) is 62.7 Å². The van der Waals surface area contributed by atoms with E-state index in [2.05, 4.69) is 38.9 Å². The molecule has 1 aliphatic rings. The lowest BCUT2D eigenvalue weighted by Crippen LogP contribution is -2.39. The summed E-state index contributed by atoms with van der Waals surface area (Å²) in [4.78, 5) is 13.4. The van der Waals surface area contributed by atoms with Crippen molar-refractivity contribution < 1.29 is 4.74 Å². The standard InChI is InChI=1S/C14H25N5O/c1-3-19(4-2)14-16-6-5-13(17-14)15-7-8-18-9-11-20-12-10-18/h5-6H,3-4,7-12H2,1-2H3,(H,15,16,17). The monoisotopic (exact) mass is 279 g/mol. The zero-order chi connectivity index (χ0) is 14.2. The third-order valence-corrected chi connectivity index (χ3v) is 3.53. The molecule has 0 saturated carbocycles. The van der Waals surface area contributed by atoms with Crippen LogP contribution in [-0.2, 0) is 4.74 Å². The van der Waals surface area contributed by atoms with Crippen LogP contribution >= 0.6 is 0 Å². The number of nitrogens with one attached hydrogen (secondary N) is 1. The van der Waals surface area contributed by atoms with Gasteiger partial charge in [0.15, 0.2) is 0 Å². The Hall–Kier alpha value is -1.40. The van der Waals surface area contributed by atoms with Gasteiger partial charge >= 0.3 is 0 Å². The molecule has 0 unspecified atom stereocenters. The largest absolute Gasteiger partial charge is 0.379 e. The second kappa shape index (κ2) is 8.01. The van der Waals surface area contributed by atoms with E-state index in [0.717, 1.165) is 64.2 Å². The summed E-state index contributed by atoms with van der Waals surface area (Å²) in [6.45, 7) is 11.7. The Balaban J connectivity index is 1.81. The fourth-order valence-corrected chi connectivity index (χ4v) is 2.27. The van der Waals surface area contributed by atoms with E-state index in [9.17, 15) is 0 Å². The number of nitrogens with zero attached hydrogens (tertiary/aromatic N) is 4. The van der Waals surface area contributed by atoms with E-state index < -0.39 is 0 Å². The Morgan fingerprint density at radius 1 is 1.30 bits per heavy atom. The first-order valence-corrected chi connectivity index (χ1v) is 7.45. The molecule has 0 atom stereocenters. The van der Waals surface area contributed by atoms with E-state index in [-0.39, 0.29) is 0 Å². The quantitative estimate of drug-likeness (QED) is 0.806. The summed E-state index contributed by atoms with van der Waals surface area (Å²) in [5.41, 5.74) is 0. The van der Waals surface area contributed by atoms with Crippen LogP contribution in [0.4, 0.5) is 11.8 Å². The van der Waals surface area contributed by atoms with Crippen LogP contribution in [0.5, 0.6) is 0 Å². The summed E-state index contributed by atoms with van der Waals surface area (Å²) < 4.78 is 5.34. The highest BCUT2D eigenvalue weighted by atomic mass is 16.5. The van der Waals surface area contributed by atoms with E-state index in [4.69, 9.17) is 4.74 Å². The lowest BCUT2D eigenvalue weighted by atomic mass is 10.4. The van der Waals surface area contributed by atoms with E-state index in [1.807, 2.05) is 12.3 Å². The Kier molecular flexibility index (Phi) is 6.01. The Bertz CT molecular complexity index is 391. The van der Waals surface area contributed by atoms with Crippen LogP contribution in [0.3, 0.4) is 0 Å². The normalized spacial score (nSPS) is 16.1. The lowest BCUT2D eigenvalue weighted by Gasteiger charge is -2.26. The van der Waals surface area contributed by atoms with Crippen molar-refractivity contribution in [3.05, 3.63) is 12.3 Å². The maximum absolute atomic E-state index is 5.34. The number of ether oxygens (including phenoxy) is 1. The molecule has 0 bridgehead atoms. The smallest absolute Gasteiger partial charge is 0.227 e. The molecule has 1 fully saturated rings. The van der Waals surface area contributed by atoms with E-state index in [1.165, 1.54) is 0 Å². The molecule has 0 amide bonds. The number of anilines is 2. The van der Waals surface area contributed by atoms with Gasteiger partial charge in [-0.25, -0.2) is 4.98 Å². The molecule has 20 heavy (non-hydrogen) atoms. The third kappa shape index (κ3) is 4.31. The molecule has 0 radical (unpaired) electrons. The van der Waals surface area contributed by atoms with Gasteiger partial charge in [-0.2, -0.15) is 4.98 Å². The van der Waals surface area contributed by atoms with Crippen LogP contribution in [0.25, 0.3) is 0 Å². The van der Waals surface area contributed by atoms with Crippen LogP contribution in [0.2, 0.25) is 0 Å². The molecule has 1 aromatic rings. The number of rotatable bonds is 7. The van der Waals surface area contributed by atoms with Crippen molar-refractivity contribution in [3.63, 3.8) is 0 Å². The van der Waals surface area contributed by atoms with Gasteiger partial charge in [0, 0.05) is 45.5 Å². The summed E-state index contributed by atoms with van der Waals surface area (Å²) in [6.07, 6.45) is 1.82. The van der Waals surface area contributed by atoms with Crippen LogP contribution in [0.15, 0.2) is 12.3 Å². The van der Waals surface area contributed by atoms with Gasteiger partial charge in [0.05, 0.1) is 13.2 Å². The average Bonchev–Trinajstić information content (AvgIpc) is 2.50. The SMILES string of the molecule is CCN(CC)c1nccc(NCCN2CCOCC2)n1. The van der Waals surface area contributed by atoms with Crippen molar-refractivity contribution in [1.82, 2.24) is 14.9 Å². The highest BCUT2D eigenvalue weighted by molar-refractivity contribution is 5.41. The predicted molar refractivity (Wildman–Crippen MR) is 81.3 cm³/mol. The van der Waals surface area contributed by atoms with Crippen molar-refractivity contribution in [2.45, 2.75) is 13.8 Å². The van der Waals surface area contributed by atoms with Gasteiger partial charge in [0.2, 0.25) is 5.95 Å². The average molecular weight is 279 g/mol. The van der Waals surface area contributed by atoms with Gasteiger partial charge in [-0.1, -0.05) is 0 Å². The van der Waals surface area contributed by atoms with Gasteiger partial charge in [-0.3, -0.25) is 4.90 Å². The first kappa shape index (κ1) is 15.0. The molecular formula is C14H25N5O. The number of aromatic nitrogens is 2.